The Morgan fingerprint density at radius 1 is 1.00 bits per heavy atom. The Morgan fingerprint density at radius 3 is 2.37 bits per heavy atom. The van der Waals surface area contributed by atoms with Gasteiger partial charge in [0.2, 0.25) is 0 Å². The number of carbonyl (C=O) groups excluding carboxylic acids is 1. The molecular weight excluding hydrogens is 510 g/mol. The van der Waals surface area contributed by atoms with E-state index in [-0.39, 0.29) is 0 Å². The average Bonchev–Trinajstić information content (AvgIpc) is 2.67. The predicted molar refractivity (Wildman–Crippen MR) is 128 cm³/mol. The van der Waals surface area contributed by atoms with E-state index in [0.717, 1.165) is 42.6 Å². The maximum Gasteiger partial charge on any atom is 0.339 e. The van der Waals surface area contributed by atoms with Crippen molar-refractivity contribution in [3.8, 4) is 5.75 Å². The number of hydrogen-bond acceptors (Lipinski definition) is 3. The first kappa shape index (κ1) is 22.1. The van der Waals surface area contributed by atoms with Crippen LogP contribution in [0.2, 0.25) is 0 Å². The number of carbonyl (C=O) groups is 1. The molecule has 3 aromatic carbocycles. The van der Waals surface area contributed by atoms with E-state index < -0.39 is 6.03 Å². The standard InChI is InChI=1S/C23H21Br2N3O2/c1-15-9-16(2)11-20(10-15)27-23(29)28-26-13-17-3-7-21(8-4-17)30-14-18-5-6-19(24)12-22(18)25/h3-13H,14H2,1-2H3,(H2,27,28,29)/b26-13+. The van der Waals surface area contributed by atoms with Crippen LogP contribution in [0.4, 0.5) is 10.5 Å². The zero-order valence-corrected chi connectivity index (χ0v) is 19.7. The number of urea groups is 1. The minimum Gasteiger partial charge on any atom is -0.489 e. The number of nitrogens with zero attached hydrogens (tertiary/aromatic N) is 1. The van der Waals surface area contributed by atoms with Crippen molar-refractivity contribution in [1.82, 2.24) is 5.43 Å². The molecular formula is C23H21Br2N3O2. The number of halogens is 2. The predicted octanol–water partition coefficient (Wildman–Crippen LogP) is 6.56. The number of anilines is 1. The van der Waals surface area contributed by atoms with Crippen molar-refractivity contribution >= 4 is 49.8 Å². The molecule has 0 bridgehead atoms. The molecule has 5 nitrogen and oxygen atoms in total. The zero-order valence-electron chi connectivity index (χ0n) is 16.6. The molecule has 7 heteroatoms. The summed E-state index contributed by atoms with van der Waals surface area (Å²) in [4.78, 5) is 12.0. The van der Waals surface area contributed by atoms with Gasteiger partial charge in [0.15, 0.2) is 0 Å². The van der Waals surface area contributed by atoms with Gasteiger partial charge in [-0.3, -0.25) is 0 Å². The number of amides is 2. The first-order valence-electron chi connectivity index (χ1n) is 9.24. The van der Waals surface area contributed by atoms with Gasteiger partial charge in [0.25, 0.3) is 0 Å². The van der Waals surface area contributed by atoms with Crippen LogP contribution in [0.1, 0.15) is 22.3 Å². The molecule has 0 aromatic heterocycles. The topological polar surface area (TPSA) is 62.7 Å². The van der Waals surface area contributed by atoms with Crippen molar-refractivity contribution in [2.45, 2.75) is 20.5 Å². The molecule has 0 aliphatic carbocycles. The lowest BCUT2D eigenvalue weighted by molar-refractivity contribution is 0.252. The summed E-state index contributed by atoms with van der Waals surface area (Å²) in [5, 5.41) is 6.76. The Morgan fingerprint density at radius 2 is 1.70 bits per heavy atom. The monoisotopic (exact) mass is 529 g/mol. The van der Waals surface area contributed by atoms with E-state index in [9.17, 15) is 4.79 Å². The van der Waals surface area contributed by atoms with Gasteiger partial charge in [0.05, 0.1) is 6.21 Å². The van der Waals surface area contributed by atoms with Crippen LogP contribution in [0.3, 0.4) is 0 Å². The fourth-order valence-corrected chi connectivity index (χ4v) is 3.98. The number of hydrazone groups is 1. The molecule has 3 rings (SSSR count). The maximum atomic E-state index is 12.0. The summed E-state index contributed by atoms with van der Waals surface area (Å²) < 4.78 is 7.83. The van der Waals surface area contributed by atoms with Crippen molar-refractivity contribution < 1.29 is 9.53 Å². The summed E-state index contributed by atoms with van der Waals surface area (Å²) in [7, 11) is 0. The smallest absolute Gasteiger partial charge is 0.339 e. The molecule has 0 heterocycles. The Kier molecular flexibility index (Phi) is 7.65. The Labute approximate surface area is 192 Å². The molecule has 0 aliphatic heterocycles. The second-order valence-electron chi connectivity index (χ2n) is 6.79. The average molecular weight is 531 g/mol. The highest BCUT2D eigenvalue weighted by Crippen LogP contribution is 2.23. The Balaban J connectivity index is 1.49. The fourth-order valence-electron chi connectivity index (χ4n) is 2.82. The summed E-state index contributed by atoms with van der Waals surface area (Å²) in [6.07, 6.45) is 1.58. The largest absolute Gasteiger partial charge is 0.489 e. The van der Waals surface area contributed by atoms with Crippen LogP contribution < -0.4 is 15.5 Å². The van der Waals surface area contributed by atoms with E-state index in [2.05, 4.69) is 47.7 Å². The van der Waals surface area contributed by atoms with Crippen molar-refractivity contribution in [2.24, 2.45) is 5.10 Å². The first-order valence-corrected chi connectivity index (χ1v) is 10.8. The van der Waals surface area contributed by atoms with Gasteiger partial charge in [-0.1, -0.05) is 44.0 Å². The first-order chi connectivity index (χ1) is 14.4. The summed E-state index contributed by atoms with van der Waals surface area (Å²) in [5.74, 6) is 0.752. The number of benzene rings is 3. The minimum atomic E-state index is -0.392. The molecule has 154 valence electrons. The Hall–Kier alpha value is -2.64. The maximum absolute atomic E-state index is 12.0. The van der Waals surface area contributed by atoms with Crippen molar-refractivity contribution in [3.05, 3.63) is 91.9 Å². The second-order valence-corrected chi connectivity index (χ2v) is 8.56. The molecule has 0 radical (unpaired) electrons. The van der Waals surface area contributed by atoms with E-state index in [1.54, 1.807) is 6.21 Å². The lowest BCUT2D eigenvalue weighted by Crippen LogP contribution is -2.24. The molecule has 3 aromatic rings. The van der Waals surface area contributed by atoms with Gasteiger partial charge in [0, 0.05) is 20.2 Å². The molecule has 0 spiro atoms. The van der Waals surface area contributed by atoms with E-state index in [4.69, 9.17) is 4.74 Å². The van der Waals surface area contributed by atoms with Gasteiger partial charge in [-0.05, 0) is 79.1 Å². The van der Waals surface area contributed by atoms with Crippen molar-refractivity contribution in [2.75, 3.05) is 5.32 Å². The van der Waals surface area contributed by atoms with Crippen LogP contribution >= 0.6 is 31.9 Å². The van der Waals surface area contributed by atoms with Gasteiger partial charge >= 0.3 is 6.03 Å². The molecule has 0 saturated heterocycles. The zero-order chi connectivity index (χ0) is 21.5. The molecule has 2 amide bonds. The summed E-state index contributed by atoms with van der Waals surface area (Å²) in [6.45, 7) is 4.43. The SMILES string of the molecule is Cc1cc(C)cc(NC(=O)N/N=C/c2ccc(OCc3ccc(Br)cc3Br)cc2)c1. The molecule has 0 atom stereocenters. The number of nitrogens with one attached hydrogen (secondary N) is 2. The highest BCUT2D eigenvalue weighted by molar-refractivity contribution is 9.11. The second kappa shape index (κ2) is 10.4. The van der Waals surface area contributed by atoms with Crippen molar-refractivity contribution in [1.29, 1.82) is 0 Å². The highest BCUT2D eigenvalue weighted by Gasteiger charge is 2.03. The summed E-state index contributed by atoms with van der Waals surface area (Å²) in [6, 6.07) is 18.9. The molecule has 0 unspecified atom stereocenters. The fraction of sp³-hybridized carbons (Fsp3) is 0.130. The molecule has 2 N–H and O–H groups in total. The number of aryl methyl sites for hydroxylation is 2. The quantitative estimate of drug-likeness (QED) is 0.280. The van der Waals surface area contributed by atoms with Gasteiger partial charge in [-0.15, -0.1) is 0 Å². The molecule has 0 aliphatic rings. The van der Waals surface area contributed by atoms with E-state index in [1.165, 1.54) is 0 Å². The van der Waals surface area contributed by atoms with Crippen LogP contribution in [0.5, 0.6) is 5.75 Å². The van der Waals surface area contributed by atoms with Gasteiger partial charge < -0.3 is 10.1 Å². The third-order valence-corrected chi connectivity index (χ3v) is 5.38. The minimum absolute atomic E-state index is 0.392. The van der Waals surface area contributed by atoms with Crippen LogP contribution in [0, 0.1) is 13.8 Å². The van der Waals surface area contributed by atoms with E-state index >= 15 is 0 Å². The summed E-state index contributed by atoms with van der Waals surface area (Å²) >= 11 is 6.97. The molecule has 0 fully saturated rings. The third-order valence-electron chi connectivity index (χ3n) is 4.15. The highest BCUT2D eigenvalue weighted by atomic mass is 79.9. The van der Waals surface area contributed by atoms with Crippen molar-refractivity contribution in [3.63, 3.8) is 0 Å². The number of hydrogen-bond donors (Lipinski definition) is 2. The van der Waals surface area contributed by atoms with Gasteiger partial charge in [-0.2, -0.15) is 5.10 Å². The normalized spacial score (nSPS) is 10.8. The lowest BCUT2D eigenvalue weighted by Gasteiger charge is -2.08. The lowest BCUT2D eigenvalue weighted by atomic mass is 10.1. The molecule has 0 saturated carbocycles. The van der Waals surface area contributed by atoms with Gasteiger partial charge in [-0.25, -0.2) is 10.2 Å². The van der Waals surface area contributed by atoms with Crippen LogP contribution in [-0.4, -0.2) is 12.2 Å². The summed E-state index contributed by atoms with van der Waals surface area (Å²) in [5.41, 5.74) is 7.28. The number of ether oxygens (including phenoxy) is 1. The Bertz CT molecular complexity index is 1050. The van der Waals surface area contributed by atoms with E-state index in [0.29, 0.717) is 6.61 Å². The van der Waals surface area contributed by atoms with Crippen LogP contribution in [0.25, 0.3) is 0 Å². The van der Waals surface area contributed by atoms with E-state index in [1.807, 2.05) is 74.5 Å². The van der Waals surface area contributed by atoms with Crippen LogP contribution in [0.15, 0.2) is 74.7 Å². The van der Waals surface area contributed by atoms with Gasteiger partial charge in [0.1, 0.15) is 12.4 Å². The third kappa shape index (κ3) is 6.71. The van der Waals surface area contributed by atoms with Crippen LogP contribution in [-0.2, 0) is 6.61 Å². The number of rotatable bonds is 6. The molecule has 30 heavy (non-hydrogen) atoms.